The second-order valence-electron chi connectivity index (χ2n) is 3.38. The highest BCUT2D eigenvalue weighted by Crippen LogP contribution is 2.35. The Morgan fingerprint density at radius 2 is 1.84 bits per heavy atom. The number of sulfonamides is 1. The molecule has 0 spiro atoms. The summed E-state index contributed by atoms with van der Waals surface area (Å²) < 4.78 is 86.5. The molecule has 19 heavy (non-hydrogen) atoms. The van der Waals surface area contributed by atoms with Gasteiger partial charge in [0, 0.05) is 4.47 Å². The van der Waals surface area contributed by atoms with E-state index in [2.05, 4.69) is 15.9 Å². The van der Waals surface area contributed by atoms with Gasteiger partial charge in [-0.1, -0.05) is 15.9 Å². The van der Waals surface area contributed by atoms with E-state index in [9.17, 15) is 30.4 Å². The molecule has 108 valence electrons. The van der Waals surface area contributed by atoms with Crippen molar-refractivity contribution in [3.05, 3.63) is 28.2 Å². The Morgan fingerprint density at radius 1 is 1.26 bits per heavy atom. The SMILES string of the molecule is O=S(=O)(NCC(F)F)c1ccc(Br)cc1C(F)(F)F. The smallest absolute Gasteiger partial charge is 0.209 e. The molecule has 0 aliphatic rings. The summed E-state index contributed by atoms with van der Waals surface area (Å²) in [5, 5.41) is 0. The molecule has 0 heterocycles. The van der Waals surface area contributed by atoms with E-state index in [0.29, 0.717) is 12.1 Å². The van der Waals surface area contributed by atoms with Crippen molar-refractivity contribution in [1.82, 2.24) is 4.72 Å². The summed E-state index contributed by atoms with van der Waals surface area (Å²) in [6.45, 7) is -1.25. The molecule has 1 rings (SSSR count). The average Bonchev–Trinajstić information content (AvgIpc) is 2.25. The lowest BCUT2D eigenvalue weighted by Crippen LogP contribution is -2.30. The van der Waals surface area contributed by atoms with E-state index in [-0.39, 0.29) is 4.47 Å². The first-order valence-corrected chi connectivity index (χ1v) is 6.96. The topological polar surface area (TPSA) is 46.2 Å². The first kappa shape index (κ1) is 16.3. The lowest BCUT2D eigenvalue weighted by Gasteiger charge is -2.14. The quantitative estimate of drug-likeness (QED) is 0.831. The molecule has 0 bridgehead atoms. The first-order valence-electron chi connectivity index (χ1n) is 4.68. The number of alkyl halides is 5. The second-order valence-corrected chi connectivity index (χ2v) is 6.03. The van der Waals surface area contributed by atoms with Gasteiger partial charge in [0.1, 0.15) is 0 Å². The van der Waals surface area contributed by atoms with Crippen LogP contribution in [0.2, 0.25) is 0 Å². The average molecular weight is 368 g/mol. The molecule has 3 nitrogen and oxygen atoms in total. The molecule has 0 aromatic heterocycles. The Morgan fingerprint density at radius 3 is 2.32 bits per heavy atom. The normalized spacial score (nSPS) is 13.0. The number of rotatable bonds is 4. The van der Waals surface area contributed by atoms with E-state index in [1.165, 1.54) is 4.72 Å². The Hall–Kier alpha value is -0.740. The third kappa shape index (κ3) is 4.39. The van der Waals surface area contributed by atoms with Crippen LogP contribution < -0.4 is 4.72 Å². The Kier molecular flexibility index (Phi) is 4.91. The summed E-state index contributed by atoms with van der Waals surface area (Å²) in [6, 6.07) is 2.34. The van der Waals surface area contributed by atoms with E-state index >= 15 is 0 Å². The maximum Gasteiger partial charge on any atom is 0.417 e. The van der Waals surface area contributed by atoms with Crippen LogP contribution in [-0.2, 0) is 16.2 Å². The molecule has 10 heteroatoms. The highest BCUT2D eigenvalue weighted by Gasteiger charge is 2.37. The third-order valence-electron chi connectivity index (χ3n) is 1.96. The van der Waals surface area contributed by atoms with E-state index in [1.807, 2.05) is 0 Å². The summed E-state index contributed by atoms with van der Waals surface area (Å²) in [7, 11) is -4.66. The van der Waals surface area contributed by atoms with E-state index < -0.39 is 39.6 Å². The van der Waals surface area contributed by atoms with Gasteiger partial charge in [-0.2, -0.15) is 13.2 Å². The summed E-state index contributed by atoms with van der Waals surface area (Å²) in [6.07, 6.45) is -7.92. The molecular formula is C9H7BrF5NO2S. The maximum absolute atomic E-state index is 12.7. The minimum Gasteiger partial charge on any atom is -0.209 e. The predicted octanol–water partition coefficient (Wildman–Crippen LogP) is 3.01. The van der Waals surface area contributed by atoms with E-state index in [1.54, 1.807) is 0 Å². The van der Waals surface area contributed by atoms with Crippen molar-refractivity contribution >= 4 is 26.0 Å². The lowest BCUT2D eigenvalue weighted by molar-refractivity contribution is -0.139. The van der Waals surface area contributed by atoms with Crippen LogP contribution in [0.1, 0.15) is 5.56 Å². The molecule has 0 atom stereocenters. The van der Waals surface area contributed by atoms with Crippen molar-refractivity contribution in [3.63, 3.8) is 0 Å². The van der Waals surface area contributed by atoms with Crippen molar-refractivity contribution < 1.29 is 30.4 Å². The molecule has 0 saturated heterocycles. The largest absolute Gasteiger partial charge is 0.417 e. The van der Waals surface area contributed by atoms with Crippen LogP contribution in [0.5, 0.6) is 0 Å². The van der Waals surface area contributed by atoms with E-state index in [0.717, 1.165) is 6.07 Å². The van der Waals surface area contributed by atoms with Crippen LogP contribution in [0.15, 0.2) is 27.6 Å². The monoisotopic (exact) mass is 367 g/mol. The van der Waals surface area contributed by atoms with Crippen LogP contribution in [0, 0.1) is 0 Å². The fourth-order valence-electron chi connectivity index (χ4n) is 1.21. The predicted molar refractivity (Wildman–Crippen MR) is 60.3 cm³/mol. The van der Waals surface area contributed by atoms with Crippen LogP contribution in [-0.4, -0.2) is 21.4 Å². The van der Waals surface area contributed by atoms with Crippen LogP contribution >= 0.6 is 15.9 Å². The number of benzene rings is 1. The molecule has 0 amide bonds. The van der Waals surface area contributed by atoms with Gasteiger partial charge in [0.2, 0.25) is 10.0 Å². The molecule has 0 fully saturated rings. The van der Waals surface area contributed by atoms with Gasteiger partial charge in [0.15, 0.2) is 0 Å². The summed E-state index contributed by atoms with van der Waals surface area (Å²) in [5.74, 6) is 0. The highest BCUT2D eigenvalue weighted by molar-refractivity contribution is 9.10. The zero-order valence-corrected chi connectivity index (χ0v) is 11.4. The molecule has 1 aromatic rings. The Bertz CT molecular complexity index is 558. The zero-order chi connectivity index (χ0) is 14.8. The Labute approximate surface area is 114 Å². The van der Waals surface area contributed by atoms with Gasteiger partial charge < -0.3 is 0 Å². The maximum atomic E-state index is 12.7. The van der Waals surface area contributed by atoms with Crippen molar-refractivity contribution in [1.29, 1.82) is 0 Å². The fourth-order valence-corrected chi connectivity index (χ4v) is 2.78. The molecule has 0 aliphatic carbocycles. The number of halogens is 6. The molecule has 1 N–H and O–H groups in total. The van der Waals surface area contributed by atoms with E-state index in [4.69, 9.17) is 0 Å². The molecule has 1 aromatic carbocycles. The van der Waals surface area contributed by atoms with Crippen LogP contribution in [0.25, 0.3) is 0 Å². The van der Waals surface area contributed by atoms with Gasteiger partial charge in [-0.05, 0) is 18.2 Å². The van der Waals surface area contributed by atoms with Gasteiger partial charge >= 0.3 is 6.18 Å². The van der Waals surface area contributed by atoms with Gasteiger partial charge in [0.25, 0.3) is 6.43 Å². The molecule has 0 radical (unpaired) electrons. The number of hydrogen-bond donors (Lipinski definition) is 1. The zero-order valence-electron chi connectivity index (χ0n) is 9.01. The van der Waals surface area contributed by atoms with Crippen molar-refractivity contribution in [2.75, 3.05) is 6.54 Å². The Balaban J connectivity index is 3.27. The minimum absolute atomic E-state index is 0.0210. The number of nitrogens with one attached hydrogen (secondary N) is 1. The van der Waals surface area contributed by atoms with Gasteiger partial charge in [0.05, 0.1) is 17.0 Å². The van der Waals surface area contributed by atoms with Crippen molar-refractivity contribution in [2.24, 2.45) is 0 Å². The summed E-state index contributed by atoms with van der Waals surface area (Å²) in [5.41, 5.74) is -1.43. The third-order valence-corrected chi connectivity index (χ3v) is 3.94. The summed E-state index contributed by atoms with van der Waals surface area (Å²) >= 11 is 2.78. The molecule has 0 aliphatic heterocycles. The standard InChI is InChI=1S/C9H7BrF5NO2S/c10-5-1-2-7(6(3-5)9(13,14)15)19(17,18)16-4-8(11)12/h1-3,8,16H,4H2. The van der Waals surface area contributed by atoms with Crippen molar-refractivity contribution in [2.45, 2.75) is 17.5 Å². The molecular weight excluding hydrogens is 361 g/mol. The minimum atomic E-state index is -4.92. The number of hydrogen-bond acceptors (Lipinski definition) is 2. The molecule has 0 unspecified atom stereocenters. The summed E-state index contributed by atoms with van der Waals surface area (Å²) in [4.78, 5) is -1.09. The highest BCUT2D eigenvalue weighted by atomic mass is 79.9. The first-order chi connectivity index (χ1) is 8.54. The van der Waals surface area contributed by atoms with Gasteiger partial charge in [-0.3, -0.25) is 0 Å². The van der Waals surface area contributed by atoms with Crippen LogP contribution in [0.3, 0.4) is 0 Å². The van der Waals surface area contributed by atoms with Gasteiger partial charge in [-0.25, -0.2) is 21.9 Å². The lowest BCUT2D eigenvalue weighted by atomic mass is 10.2. The van der Waals surface area contributed by atoms with Crippen LogP contribution in [0.4, 0.5) is 22.0 Å². The molecule has 0 saturated carbocycles. The second kappa shape index (κ2) is 5.71. The van der Waals surface area contributed by atoms with Gasteiger partial charge in [-0.15, -0.1) is 0 Å². The fraction of sp³-hybridized carbons (Fsp3) is 0.333. The van der Waals surface area contributed by atoms with Crippen molar-refractivity contribution in [3.8, 4) is 0 Å².